The SMILES string of the molecule is C=NC(=O)[C@H](CC(C)C)NC(=O)[C@@H](CCC(=O)O)NC(=O)[C@@H]1CCCN1C(=O)CCc1c[nH]c2ccc(Cl)cc12. The number of amides is 4. The molecule has 0 spiro atoms. The van der Waals surface area contributed by atoms with Crippen LogP contribution in [0.2, 0.25) is 5.02 Å². The number of carboxylic acids is 1. The molecular weight excluding hydrogens is 538 g/mol. The lowest BCUT2D eigenvalue weighted by Crippen LogP contribution is -2.55. The molecule has 40 heavy (non-hydrogen) atoms. The number of nitrogens with zero attached hydrogens (tertiary/aromatic N) is 2. The number of carbonyl (C=O) groups excluding carboxylic acids is 4. The fourth-order valence-corrected chi connectivity index (χ4v) is 5.13. The molecule has 1 aliphatic rings. The standard InChI is InChI=1S/C28H36ClN5O6/c1-16(2)13-22(26(38)30-3)33-27(39)21(9-11-25(36)37)32-28(40)23-5-4-12-34(23)24(35)10-6-17-15-31-20-8-7-18(29)14-19(17)20/h7-8,14-16,21-23,31H,3-6,9-13H2,1-2H3,(H,32,40)(H,33,39)(H,36,37)/t21-,22+,23+/m1/s1. The summed E-state index contributed by atoms with van der Waals surface area (Å²) >= 11 is 6.13. The van der Waals surface area contributed by atoms with Gasteiger partial charge in [0.15, 0.2) is 0 Å². The van der Waals surface area contributed by atoms with Gasteiger partial charge in [-0.1, -0.05) is 25.4 Å². The van der Waals surface area contributed by atoms with Crippen molar-refractivity contribution in [3.8, 4) is 0 Å². The van der Waals surface area contributed by atoms with Crippen molar-refractivity contribution >= 4 is 58.8 Å². The number of hydrogen-bond donors (Lipinski definition) is 4. The van der Waals surface area contributed by atoms with E-state index in [1.54, 1.807) is 6.07 Å². The number of aryl methyl sites for hydroxylation is 1. The number of H-pyrrole nitrogens is 1. The van der Waals surface area contributed by atoms with Crippen molar-refractivity contribution in [2.45, 2.75) is 76.9 Å². The number of aromatic nitrogens is 1. The third-order valence-corrected chi connectivity index (χ3v) is 7.21. The van der Waals surface area contributed by atoms with E-state index in [-0.39, 0.29) is 31.1 Å². The minimum absolute atomic E-state index is 0.0577. The van der Waals surface area contributed by atoms with Crippen LogP contribution in [-0.4, -0.2) is 76.0 Å². The van der Waals surface area contributed by atoms with Crippen molar-refractivity contribution < 1.29 is 29.1 Å². The highest BCUT2D eigenvalue weighted by Gasteiger charge is 2.36. The molecule has 2 heterocycles. The van der Waals surface area contributed by atoms with Crippen LogP contribution in [-0.2, 0) is 30.4 Å². The first-order valence-electron chi connectivity index (χ1n) is 13.4. The summed E-state index contributed by atoms with van der Waals surface area (Å²) in [6.07, 6.45) is 3.26. The second-order valence-electron chi connectivity index (χ2n) is 10.4. The number of aliphatic carboxylic acids is 1. The zero-order chi connectivity index (χ0) is 29.4. The number of halogens is 1. The zero-order valence-electron chi connectivity index (χ0n) is 22.7. The topological polar surface area (TPSA) is 161 Å². The predicted molar refractivity (Wildman–Crippen MR) is 151 cm³/mol. The van der Waals surface area contributed by atoms with Gasteiger partial charge in [0.05, 0.1) is 0 Å². The predicted octanol–water partition coefficient (Wildman–Crippen LogP) is 2.85. The van der Waals surface area contributed by atoms with Crippen molar-refractivity contribution in [2.75, 3.05) is 6.54 Å². The van der Waals surface area contributed by atoms with Crippen molar-refractivity contribution in [1.82, 2.24) is 20.5 Å². The van der Waals surface area contributed by atoms with E-state index in [1.807, 2.05) is 32.2 Å². The molecule has 3 atom stereocenters. The van der Waals surface area contributed by atoms with Gasteiger partial charge in [0.25, 0.3) is 5.91 Å². The first-order valence-corrected chi connectivity index (χ1v) is 13.8. The molecule has 0 radical (unpaired) electrons. The van der Waals surface area contributed by atoms with Gasteiger partial charge in [-0.2, -0.15) is 0 Å². The van der Waals surface area contributed by atoms with E-state index < -0.39 is 41.8 Å². The quantitative estimate of drug-likeness (QED) is 0.269. The van der Waals surface area contributed by atoms with Crippen LogP contribution < -0.4 is 10.6 Å². The summed E-state index contributed by atoms with van der Waals surface area (Å²) in [4.78, 5) is 71.0. The van der Waals surface area contributed by atoms with E-state index in [9.17, 15) is 24.0 Å². The molecule has 0 bridgehead atoms. The second kappa shape index (κ2) is 14.1. The van der Waals surface area contributed by atoms with Crippen LogP contribution in [0, 0.1) is 5.92 Å². The molecule has 1 saturated heterocycles. The zero-order valence-corrected chi connectivity index (χ0v) is 23.5. The van der Waals surface area contributed by atoms with E-state index in [1.165, 1.54) is 4.90 Å². The fourth-order valence-electron chi connectivity index (χ4n) is 4.96. The van der Waals surface area contributed by atoms with Crippen molar-refractivity contribution in [3.05, 3.63) is 35.0 Å². The third kappa shape index (κ3) is 8.14. The summed E-state index contributed by atoms with van der Waals surface area (Å²) in [5.41, 5.74) is 1.85. The van der Waals surface area contributed by atoms with Gasteiger partial charge in [0, 0.05) is 41.5 Å². The number of aliphatic imine (C=N–C) groups is 1. The van der Waals surface area contributed by atoms with Crippen LogP contribution in [0.1, 0.15) is 57.9 Å². The highest BCUT2D eigenvalue weighted by molar-refractivity contribution is 6.31. The van der Waals surface area contributed by atoms with E-state index >= 15 is 0 Å². The molecule has 0 saturated carbocycles. The minimum atomic E-state index is -1.20. The Balaban J connectivity index is 1.67. The Kier molecular flexibility index (Phi) is 10.8. The van der Waals surface area contributed by atoms with Crippen LogP contribution in [0.15, 0.2) is 29.4 Å². The largest absolute Gasteiger partial charge is 0.481 e. The molecule has 4 N–H and O–H groups in total. The summed E-state index contributed by atoms with van der Waals surface area (Å²) in [7, 11) is 0. The number of nitrogens with one attached hydrogen (secondary N) is 3. The Morgan fingerprint density at radius 3 is 2.60 bits per heavy atom. The lowest BCUT2D eigenvalue weighted by Gasteiger charge is -2.27. The number of hydrogen-bond acceptors (Lipinski definition) is 5. The fraction of sp³-hybridized carbons (Fsp3) is 0.500. The number of rotatable bonds is 13. The second-order valence-corrected chi connectivity index (χ2v) is 10.9. The minimum Gasteiger partial charge on any atom is -0.481 e. The van der Waals surface area contributed by atoms with Crippen LogP contribution in [0.3, 0.4) is 0 Å². The highest BCUT2D eigenvalue weighted by Crippen LogP contribution is 2.25. The summed E-state index contributed by atoms with van der Waals surface area (Å²) in [5, 5.41) is 15.9. The Morgan fingerprint density at radius 1 is 1.18 bits per heavy atom. The maximum Gasteiger partial charge on any atom is 0.303 e. The highest BCUT2D eigenvalue weighted by atomic mass is 35.5. The lowest BCUT2D eigenvalue weighted by molar-refractivity contribution is -0.140. The number of aromatic amines is 1. The van der Waals surface area contributed by atoms with Gasteiger partial charge in [-0.25, -0.2) is 4.99 Å². The van der Waals surface area contributed by atoms with E-state index in [0.717, 1.165) is 16.5 Å². The van der Waals surface area contributed by atoms with Gasteiger partial charge in [-0.15, -0.1) is 0 Å². The molecule has 0 aliphatic carbocycles. The molecule has 12 heteroatoms. The smallest absolute Gasteiger partial charge is 0.303 e. The molecule has 216 valence electrons. The van der Waals surface area contributed by atoms with E-state index in [0.29, 0.717) is 37.3 Å². The van der Waals surface area contributed by atoms with Gasteiger partial charge >= 0.3 is 5.97 Å². The average molecular weight is 574 g/mol. The van der Waals surface area contributed by atoms with Crippen LogP contribution in [0.25, 0.3) is 10.9 Å². The Hall–Kier alpha value is -3.73. The van der Waals surface area contributed by atoms with Crippen molar-refractivity contribution in [2.24, 2.45) is 10.9 Å². The molecule has 1 aromatic heterocycles. The van der Waals surface area contributed by atoms with Crippen LogP contribution in [0.5, 0.6) is 0 Å². The van der Waals surface area contributed by atoms with E-state index in [2.05, 4.69) is 27.3 Å². The molecule has 1 aliphatic heterocycles. The van der Waals surface area contributed by atoms with Gasteiger partial charge in [-0.05, 0) is 68.5 Å². The third-order valence-electron chi connectivity index (χ3n) is 6.97. The first-order chi connectivity index (χ1) is 19.0. The molecule has 1 fully saturated rings. The van der Waals surface area contributed by atoms with Crippen LogP contribution >= 0.6 is 11.6 Å². The number of fused-ring (bicyclic) bond motifs is 1. The maximum atomic E-state index is 13.3. The molecule has 1 aromatic carbocycles. The summed E-state index contributed by atoms with van der Waals surface area (Å²) in [6, 6.07) is 2.56. The average Bonchev–Trinajstić information content (AvgIpc) is 3.55. The number of likely N-dealkylation sites (tertiary alicyclic amines) is 1. The molecule has 11 nitrogen and oxygen atoms in total. The number of carbonyl (C=O) groups is 5. The van der Waals surface area contributed by atoms with Gasteiger partial charge in [0.2, 0.25) is 17.7 Å². The normalized spacial score (nSPS) is 16.5. The molecule has 3 rings (SSSR count). The Labute approximate surface area is 237 Å². The van der Waals surface area contributed by atoms with Crippen molar-refractivity contribution in [1.29, 1.82) is 0 Å². The van der Waals surface area contributed by atoms with Crippen molar-refractivity contribution in [3.63, 3.8) is 0 Å². The lowest BCUT2D eigenvalue weighted by atomic mass is 10.0. The summed E-state index contributed by atoms with van der Waals surface area (Å²) < 4.78 is 0. The maximum absolute atomic E-state index is 13.3. The summed E-state index contributed by atoms with van der Waals surface area (Å²) in [5.74, 6) is -3.11. The number of benzene rings is 1. The Morgan fingerprint density at radius 2 is 1.93 bits per heavy atom. The Bertz CT molecular complexity index is 1280. The molecule has 0 unspecified atom stereocenters. The molecule has 4 amide bonds. The van der Waals surface area contributed by atoms with Gasteiger partial charge < -0.3 is 25.6 Å². The number of carboxylic acid groups (broad SMARTS) is 1. The monoisotopic (exact) mass is 573 g/mol. The molecule has 2 aromatic rings. The van der Waals surface area contributed by atoms with Gasteiger partial charge in [-0.3, -0.25) is 24.0 Å². The first kappa shape index (κ1) is 30.8. The molecular formula is C28H36ClN5O6. The van der Waals surface area contributed by atoms with E-state index in [4.69, 9.17) is 16.7 Å². The van der Waals surface area contributed by atoms with Crippen LogP contribution in [0.4, 0.5) is 0 Å². The van der Waals surface area contributed by atoms with Gasteiger partial charge in [0.1, 0.15) is 18.1 Å². The summed E-state index contributed by atoms with van der Waals surface area (Å²) in [6.45, 7) is 7.38.